The fourth-order valence-electron chi connectivity index (χ4n) is 2.03. The van der Waals surface area contributed by atoms with Gasteiger partial charge in [-0.1, -0.05) is 23.7 Å². The van der Waals surface area contributed by atoms with Crippen molar-refractivity contribution in [2.75, 3.05) is 6.54 Å². The fraction of sp³-hybridized carbons (Fsp3) is 0.250. The molecule has 0 saturated heterocycles. The third kappa shape index (κ3) is 5.31. The predicted molar refractivity (Wildman–Crippen MR) is 91.2 cm³/mol. The summed E-state index contributed by atoms with van der Waals surface area (Å²) in [5.74, 6) is -0.0751. The van der Waals surface area contributed by atoms with Crippen LogP contribution in [0.3, 0.4) is 0 Å². The van der Waals surface area contributed by atoms with Gasteiger partial charge in [0.05, 0.1) is 0 Å². The van der Waals surface area contributed by atoms with Crippen LogP contribution in [-0.4, -0.2) is 17.0 Å². The number of aryl methyl sites for hydroxylation is 1. The van der Waals surface area contributed by atoms with Gasteiger partial charge in [0.15, 0.2) is 0 Å². The molecule has 1 amide bonds. The summed E-state index contributed by atoms with van der Waals surface area (Å²) in [6.07, 6.45) is 2.68. The number of benzene rings is 1. The van der Waals surface area contributed by atoms with Crippen LogP contribution in [-0.2, 0) is 17.8 Å². The van der Waals surface area contributed by atoms with Crippen LogP contribution in [0.25, 0.3) is 0 Å². The molecule has 0 aliphatic heterocycles. The number of carbonyl (C=O) groups is 1. The monoisotopic (exact) mass is 382 g/mol. The van der Waals surface area contributed by atoms with Gasteiger partial charge in [0.25, 0.3) is 5.56 Å². The zero-order valence-electron chi connectivity index (χ0n) is 11.9. The Morgan fingerprint density at radius 2 is 2.09 bits per heavy atom. The normalized spacial score (nSPS) is 10.5. The molecule has 0 unspecified atom stereocenters. The van der Waals surface area contributed by atoms with Crippen molar-refractivity contribution in [3.8, 4) is 0 Å². The summed E-state index contributed by atoms with van der Waals surface area (Å²) in [6, 6.07) is 10.7. The van der Waals surface area contributed by atoms with E-state index in [-0.39, 0.29) is 17.9 Å². The van der Waals surface area contributed by atoms with Crippen molar-refractivity contribution in [2.45, 2.75) is 19.4 Å². The molecular formula is C16H16BrClN2O2. The Kier molecular flexibility index (Phi) is 6.21. The number of nitrogens with zero attached hydrogens (tertiary/aromatic N) is 1. The average molecular weight is 384 g/mol. The van der Waals surface area contributed by atoms with Crippen LogP contribution in [0.4, 0.5) is 0 Å². The molecule has 4 nitrogen and oxygen atoms in total. The van der Waals surface area contributed by atoms with Crippen molar-refractivity contribution in [1.82, 2.24) is 9.88 Å². The van der Waals surface area contributed by atoms with Crippen LogP contribution in [0.2, 0.25) is 5.02 Å². The maximum atomic E-state index is 11.8. The number of rotatable bonds is 6. The van der Waals surface area contributed by atoms with Gasteiger partial charge in [-0.05, 0) is 46.1 Å². The highest BCUT2D eigenvalue weighted by atomic mass is 79.9. The number of halogens is 2. The maximum absolute atomic E-state index is 11.8. The minimum Gasteiger partial charge on any atom is -0.356 e. The second-order valence-corrected chi connectivity index (χ2v) is 6.21. The molecule has 0 saturated carbocycles. The highest BCUT2D eigenvalue weighted by Crippen LogP contribution is 2.10. The summed E-state index contributed by atoms with van der Waals surface area (Å²) in [4.78, 5) is 23.4. The molecule has 0 aliphatic rings. The first-order chi connectivity index (χ1) is 10.5. The first-order valence-electron chi connectivity index (χ1n) is 6.92. The summed E-state index contributed by atoms with van der Waals surface area (Å²) in [6.45, 7) is 0.911. The van der Waals surface area contributed by atoms with Crippen molar-refractivity contribution in [3.63, 3.8) is 0 Å². The number of carbonyl (C=O) groups excluding carboxylic acids is 1. The molecule has 116 valence electrons. The van der Waals surface area contributed by atoms with E-state index in [1.165, 1.54) is 10.6 Å². The number of amides is 1. The van der Waals surface area contributed by atoms with Gasteiger partial charge < -0.3 is 9.88 Å². The zero-order valence-corrected chi connectivity index (χ0v) is 14.2. The quantitative estimate of drug-likeness (QED) is 0.833. The van der Waals surface area contributed by atoms with Crippen molar-refractivity contribution in [3.05, 3.63) is 68.0 Å². The summed E-state index contributed by atoms with van der Waals surface area (Å²) in [5.41, 5.74) is 0.964. The molecule has 0 radical (unpaired) electrons. The molecule has 1 aromatic heterocycles. The molecular weight excluding hydrogens is 368 g/mol. The van der Waals surface area contributed by atoms with E-state index in [1.54, 1.807) is 12.3 Å². The van der Waals surface area contributed by atoms with Crippen molar-refractivity contribution < 1.29 is 4.79 Å². The predicted octanol–water partition coefficient (Wildman–Crippen LogP) is 3.01. The van der Waals surface area contributed by atoms with Crippen LogP contribution >= 0.6 is 27.5 Å². The Labute approximate surface area is 142 Å². The average Bonchev–Trinajstić information content (AvgIpc) is 2.48. The lowest BCUT2D eigenvalue weighted by Crippen LogP contribution is -2.28. The van der Waals surface area contributed by atoms with Gasteiger partial charge in [-0.25, -0.2) is 0 Å². The molecule has 0 aliphatic carbocycles. The van der Waals surface area contributed by atoms with Crippen molar-refractivity contribution >= 4 is 33.4 Å². The molecule has 0 spiro atoms. The number of nitrogens with one attached hydrogen (secondary N) is 1. The van der Waals surface area contributed by atoms with E-state index in [2.05, 4.69) is 21.2 Å². The van der Waals surface area contributed by atoms with Crippen LogP contribution < -0.4 is 10.9 Å². The lowest BCUT2D eigenvalue weighted by Gasteiger charge is -2.07. The number of aromatic nitrogens is 1. The Hall–Kier alpha value is -1.59. The molecule has 0 fully saturated rings. The lowest BCUT2D eigenvalue weighted by molar-refractivity contribution is -0.121. The van der Waals surface area contributed by atoms with E-state index in [0.717, 1.165) is 16.5 Å². The highest BCUT2D eigenvalue weighted by Gasteiger charge is 2.03. The summed E-state index contributed by atoms with van der Waals surface area (Å²) in [7, 11) is 0. The van der Waals surface area contributed by atoms with E-state index in [9.17, 15) is 9.59 Å². The minimum atomic E-state index is -0.116. The smallest absolute Gasteiger partial charge is 0.250 e. The lowest BCUT2D eigenvalue weighted by atomic mass is 10.1. The van der Waals surface area contributed by atoms with E-state index >= 15 is 0 Å². The topological polar surface area (TPSA) is 51.1 Å². The molecule has 1 aromatic carbocycles. The van der Waals surface area contributed by atoms with E-state index in [4.69, 9.17) is 11.6 Å². The summed E-state index contributed by atoms with van der Waals surface area (Å²) in [5, 5.41) is 3.54. The largest absolute Gasteiger partial charge is 0.356 e. The van der Waals surface area contributed by atoms with Crippen molar-refractivity contribution in [2.24, 2.45) is 0 Å². The molecule has 2 rings (SSSR count). The van der Waals surface area contributed by atoms with Gasteiger partial charge in [0, 0.05) is 41.3 Å². The standard InChI is InChI=1S/C16H16BrClN2O2/c17-13-4-5-16(22)20(11-13)9-7-15(21)19-8-6-12-2-1-3-14(18)10-12/h1-5,10-11H,6-9H2,(H,19,21). The molecule has 6 heteroatoms. The molecule has 1 heterocycles. The molecule has 1 N–H and O–H groups in total. The Morgan fingerprint density at radius 3 is 2.86 bits per heavy atom. The third-order valence-electron chi connectivity index (χ3n) is 3.15. The highest BCUT2D eigenvalue weighted by molar-refractivity contribution is 9.10. The van der Waals surface area contributed by atoms with Crippen LogP contribution in [0.5, 0.6) is 0 Å². The van der Waals surface area contributed by atoms with Gasteiger partial charge in [0.2, 0.25) is 5.91 Å². The molecule has 22 heavy (non-hydrogen) atoms. The number of pyridine rings is 1. The molecule has 0 bridgehead atoms. The first-order valence-corrected chi connectivity index (χ1v) is 8.09. The van der Waals surface area contributed by atoms with E-state index < -0.39 is 0 Å². The summed E-state index contributed by atoms with van der Waals surface area (Å²) >= 11 is 9.21. The minimum absolute atomic E-state index is 0.0751. The Balaban J connectivity index is 1.76. The van der Waals surface area contributed by atoms with Gasteiger partial charge in [-0.2, -0.15) is 0 Å². The Morgan fingerprint density at radius 1 is 1.27 bits per heavy atom. The maximum Gasteiger partial charge on any atom is 0.250 e. The van der Waals surface area contributed by atoms with Gasteiger partial charge in [0.1, 0.15) is 0 Å². The van der Waals surface area contributed by atoms with Gasteiger partial charge in [-0.15, -0.1) is 0 Å². The first kappa shape index (κ1) is 16.8. The second-order valence-electron chi connectivity index (χ2n) is 4.86. The van der Waals surface area contributed by atoms with Gasteiger partial charge >= 0.3 is 0 Å². The van der Waals surface area contributed by atoms with Crippen LogP contribution in [0.15, 0.2) is 51.9 Å². The van der Waals surface area contributed by atoms with Crippen LogP contribution in [0, 0.1) is 0 Å². The fourth-order valence-corrected chi connectivity index (χ4v) is 2.62. The zero-order chi connectivity index (χ0) is 15.9. The number of hydrogen-bond acceptors (Lipinski definition) is 2. The summed E-state index contributed by atoms with van der Waals surface area (Å²) < 4.78 is 2.33. The molecule has 2 aromatic rings. The van der Waals surface area contributed by atoms with E-state index in [1.807, 2.05) is 24.3 Å². The molecule has 0 atom stereocenters. The van der Waals surface area contributed by atoms with Crippen molar-refractivity contribution in [1.29, 1.82) is 0 Å². The Bertz CT molecular complexity index is 715. The third-order valence-corrected chi connectivity index (χ3v) is 3.86. The number of hydrogen-bond donors (Lipinski definition) is 1. The van der Waals surface area contributed by atoms with E-state index in [0.29, 0.717) is 18.1 Å². The SMILES string of the molecule is O=C(CCn1cc(Br)ccc1=O)NCCc1cccc(Cl)c1. The van der Waals surface area contributed by atoms with Gasteiger partial charge in [-0.3, -0.25) is 9.59 Å². The van der Waals surface area contributed by atoms with Crippen LogP contribution in [0.1, 0.15) is 12.0 Å². The second kappa shape index (κ2) is 8.15.